The van der Waals surface area contributed by atoms with Gasteiger partial charge in [-0.3, -0.25) is 9.59 Å². The summed E-state index contributed by atoms with van der Waals surface area (Å²) in [6, 6.07) is 0. The zero-order chi connectivity index (χ0) is 15.2. The van der Waals surface area contributed by atoms with Crippen LogP contribution < -0.4 is 0 Å². The number of ketones is 1. The summed E-state index contributed by atoms with van der Waals surface area (Å²) in [5.41, 5.74) is 0.359. The average Bonchev–Trinajstić information content (AvgIpc) is 2.60. The molecule has 1 unspecified atom stereocenters. The molecule has 0 saturated carbocycles. The highest BCUT2D eigenvalue weighted by molar-refractivity contribution is 5.98. The number of ether oxygens (including phenoxy) is 1. The first-order chi connectivity index (χ1) is 9.28. The van der Waals surface area contributed by atoms with Crippen molar-refractivity contribution in [2.75, 3.05) is 0 Å². The molecule has 0 radical (unpaired) electrons. The maximum atomic E-state index is 11.5. The van der Waals surface area contributed by atoms with Crippen LogP contribution in [0.15, 0.2) is 11.6 Å². The summed E-state index contributed by atoms with van der Waals surface area (Å²) in [4.78, 5) is 22.9. The van der Waals surface area contributed by atoms with Gasteiger partial charge in [-0.05, 0) is 51.7 Å². The highest BCUT2D eigenvalue weighted by atomic mass is 16.6. The van der Waals surface area contributed by atoms with Crippen LogP contribution in [0.5, 0.6) is 0 Å². The van der Waals surface area contributed by atoms with E-state index in [9.17, 15) is 14.7 Å². The minimum absolute atomic E-state index is 0.0752. The molecule has 1 rings (SSSR count). The van der Waals surface area contributed by atoms with E-state index in [1.54, 1.807) is 6.08 Å². The van der Waals surface area contributed by atoms with Crippen LogP contribution in [0.2, 0.25) is 0 Å². The van der Waals surface area contributed by atoms with Gasteiger partial charge in [0, 0.05) is 12.8 Å². The van der Waals surface area contributed by atoms with Crippen LogP contribution in [0.4, 0.5) is 0 Å². The molecule has 0 heterocycles. The molecule has 0 saturated heterocycles. The molecular formula is C16H26O4. The maximum Gasteiger partial charge on any atom is 0.306 e. The van der Waals surface area contributed by atoms with Gasteiger partial charge in [-0.15, -0.1) is 0 Å². The zero-order valence-corrected chi connectivity index (χ0v) is 12.8. The normalized spacial score (nSPS) is 19.1. The summed E-state index contributed by atoms with van der Waals surface area (Å²) in [5, 5.41) is 9.32. The molecular weight excluding hydrogens is 256 g/mol. The van der Waals surface area contributed by atoms with Crippen molar-refractivity contribution in [1.29, 1.82) is 0 Å². The van der Waals surface area contributed by atoms with Crippen LogP contribution in [0.3, 0.4) is 0 Å². The number of hydrogen-bond donors (Lipinski definition) is 1. The molecule has 0 fully saturated rings. The molecule has 20 heavy (non-hydrogen) atoms. The summed E-state index contributed by atoms with van der Waals surface area (Å²) in [6.07, 6.45) is 6.23. The van der Waals surface area contributed by atoms with Crippen molar-refractivity contribution < 1.29 is 19.4 Å². The molecule has 0 aromatic carbocycles. The second kappa shape index (κ2) is 7.58. The summed E-state index contributed by atoms with van der Waals surface area (Å²) >= 11 is 0. The van der Waals surface area contributed by atoms with Crippen LogP contribution in [0.1, 0.15) is 65.7 Å². The number of carbonyl (C=O) groups excluding carboxylic acids is 2. The highest BCUT2D eigenvalue weighted by Crippen LogP contribution is 2.20. The molecule has 1 atom stereocenters. The maximum absolute atomic E-state index is 11.5. The van der Waals surface area contributed by atoms with Crippen molar-refractivity contribution in [2.24, 2.45) is 0 Å². The Labute approximate surface area is 121 Å². The van der Waals surface area contributed by atoms with Gasteiger partial charge < -0.3 is 9.84 Å². The fourth-order valence-electron chi connectivity index (χ4n) is 2.26. The molecule has 4 heteroatoms. The quantitative estimate of drug-likeness (QED) is 0.576. The Bertz CT molecular complexity index is 376. The van der Waals surface area contributed by atoms with Crippen molar-refractivity contribution in [3.8, 4) is 0 Å². The van der Waals surface area contributed by atoms with E-state index < -0.39 is 11.7 Å². The van der Waals surface area contributed by atoms with Gasteiger partial charge in [-0.1, -0.05) is 12.8 Å². The summed E-state index contributed by atoms with van der Waals surface area (Å²) in [7, 11) is 0. The van der Waals surface area contributed by atoms with E-state index in [0.717, 1.165) is 37.7 Å². The van der Waals surface area contributed by atoms with Crippen molar-refractivity contribution in [3.63, 3.8) is 0 Å². The fraction of sp³-hybridized carbons (Fsp3) is 0.750. The lowest BCUT2D eigenvalue weighted by atomic mass is 10.0. The lowest BCUT2D eigenvalue weighted by Gasteiger charge is -2.19. The molecule has 0 aromatic rings. The number of rotatable bonds is 7. The zero-order valence-electron chi connectivity index (χ0n) is 12.8. The second-order valence-corrected chi connectivity index (χ2v) is 6.39. The molecule has 1 aliphatic carbocycles. The lowest BCUT2D eigenvalue weighted by Crippen LogP contribution is -2.23. The first-order valence-corrected chi connectivity index (χ1v) is 7.42. The Morgan fingerprint density at radius 1 is 1.30 bits per heavy atom. The van der Waals surface area contributed by atoms with Crippen LogP contribution >= 0.6 is 0 Å². The molecule has 114 valence electrons. The van der Waals surface area contributed by atoms with E-state index >= 15 is 0 Å². The molecule has 0 aliphatic heterocycles. The number of aliphatic hydroxyl groups excluding tert-OH is 1. The Morgan fingerprint density at radius 3 is 2.50 bits per heavy atom. The third kappa shape index (κ3) is 6.85. The van der Waals surface area contributed by atoms with E-state index in [4.69, 9.17) is 4.74 Å². The van der Waals surface area contributed by atoms with E-state index in [-0.39, 0.29) is 18.2 Å². The Balaban J connectivity index is 2.04. The summed E-state index contributed by atoms with van der Waals surface area (Å²) < 4.78 is 5.23. The van der Waals surface area contributed by atoms with E-state index in [1.165, 1.54) is 0 Å². The molecule has 1 aliphatic rings. The fourth-order valence-corrected chi connectivity index (χ4v) is 2.26. The number of carbonyl (C=O) groups is 2. The number of allylic oxidation sites excluding steroid dienone is 1. The highest BCUT2D eigenvalue weighted by Gasteiger charge is 2.21. The van der Waals surface area contributed by atoms with Crippen molar-refractivity contribution in [1.82, 2.24) is 0 Å². The van der Waals surface area contributed by atoms with Crippen molar-refractivity contribution in [2.45, 2.75) is 77.4 Å². The van der Waals surface area contributed by atoms with Crippen LogP contribution in [0, 0.1) is 0 Å². The van der Waals surface area contributed by atoms with E-state index in [2.05, 4.69) is 0 Å². The third-order valence-corrected chi connectivity index (χ3v) is 3.14. The van der Waals surface area contributed by atoms with Crippen LogP contribution in [0.25, 0.3) is 0 Å². The van der Waals surface area contributed by atoms with Crippen LogP contribution in [-0.2, 0) is 14.3 Å². The number of aliphatic hydroxyl groups is 1. The standard InChI is InChI=1S/C16H26O4/c1-16(2,3)20-15(19)9-7-5-4-6-8-12-10-13(17)11-14(12)18/h10,13,17H,4-9,11H2,1-3H3. The SMILES string of the molecule is CC(C)(C)OC(=O)CCCCCCC1=CC(O)CC1=O. The van der Waals surface area contributed by atoms with E-state index in [0.29, 0.717) is 6.42 Å². The van der Waals surface area contributed by atoms with Crippen molar-refractivity contribution in [3.05, 3.63) is 11.6 Å². The van der Waals surface area contributed by atoms with Gasteiger partial charge in [0.15, 0.2) is 5.78 Å². The molecule has 1 N–H and O–H groups in total. The number of esters is 1. The molecule has 0 amide bonds. The first kappa shape index (κ1) is 16.9. The number of Topliss-reactive ketones (excluding diaryl/α,β-unsaturated/α-hetero) is 1. The minimum atomic E-state index is -0.579. The largest absolute Gasteiger partial charge is 0.460 e. The number of unbranched alkanes of at least 4 members (excludes halogenated alkanes) is 3. The summed E-state index contributed by atoms with van der Waals surface area (Å²) in [5.74, 6) is -0.0689. The first-order valence-electron chi connectivity index (χ1n) is 7.42. The summed E-state index contributed by atoms with van der Waals surface area (Å²) in [6.45, 7) is 5.60. The van der Waals surface area contributed by atoms with Crippen molar-refractivity contribution >= 4 is 11.8 Å². The van der Waals surface area contributed by atoms with E-state index in [1.807, 2.05) is 20.8 Å². The second-order valence-electron chi connectivity index (χ2n) is 6.39. The predicted octanol–water partition coefficient (Wildman–Crippen LogP) is 2.93. The predicted molar refractivity (Wildman–Crippen MR) is 77.3 cm³/mol. The molecule has 0 spiro atoms. The van der Waals surface area contributed by atoms with Gasteiger partial charge in [0.1, 0.15) is 5.60 Å². The Kier molecular flexibility index (Phi) is 6.40. The molecule has 0 bridgehead atoms. The molecule has 4 nitrogen and oxygen atoms in total. The third-order valence-electron chi connectivity index (χ3n) is 3.14. The van der Waals surface area contributed by atoms with Gasteiger partial charge in [0.25, 0.3) is 0 Å². The van der Waals surface area contributed by atoms with Gasteiger partial charge in [0.05, 0.1) is 6.10 Å². The lowest BCUT2D eigenvalue weighted by molar-refractivity contribution is -0.154. The molecule has 0 aromatic heterocycles. The minimum Gasteiger partial charge on any atom is -0.460 e. The van der Waals surface area contributed by atoms with Gasteiger partial charge in [0.2, 0.25) is 0 Å². The average molecular weight is 282 g/mol. The van der Waals surface area contributed by atoms with Gasteiger partial charge in [-0.2, -0.15) is 0 Å². The topological polar surface area (TPSA) is 63.6 Å². The van der Waals surface area contributed by atoms with Gasteiger partial charge in [-0.25, -0.2) is 0 Å². The Morgan fingerprint density at radius 2 is 1.95 bits per heavy atom. The number of hydrogen-bond acceptors (Lipinski definition) is 4. The smallest absolute Gasteiger partial charge is 0.306 e. The Hall–Kier alpha value is -1.16. The van der Waals surface area contributed by atoms with Crippen LogP contribution in [-0.4, -0.2) is 28.6 Å². The monoisotopic (exact) mass is 282 g/mol. The van der Waals surface area contributed by atoms with Gasteiger partial charge >= 0.3 is 5.97 Å².